The number of alkyl halides is 3. The van der Waals surface area contributed by atoms with Gasteiger partial charge in [0.2, 0.25) is 0 Å². The minimum Gasteiger partial charge on any atom is -0.469 e. The number of benzene rings is 1. The molecule has 0 aliphatic heterocycles. The lowest BCUT2D eigenvalue weighted by atomic mass is 10.2. The van der Waals surface area contributed by atoms with Gasteiger partial charge in [-0.3, -0.25) is 4.79 Å². The van der Waals surface area contributed by atoms with E-state index in [1.807, 2.05) is 0 Å². The number of nitrogens with two attached hydrogens (primary N) is 1. The molecule has 2 N–H and O–H groups in total. The molecule has 0 radical (unpaired) electrons. The van der Waals surface area contributed by atoms with E-state index in [1.54, 1.807) is 0 Å². The maximum absolute atomic E-state index is 12.4. The molecule has 0 bridgehead atoms. The molecule has 0 saturated carbocycles. The highest BCUT2D eigenvalue weighted by atomic mass is 32.2. The summed E-state index contributed by atoms with van der Waals surface area (Å²) in [7, 11) is 1.31. The summed E-state index contributed by atoms with van der Waals surface area (Å²) >= 11 is 1.32. The van der Waals surface area contributed by atoms with Gasteiger partial charge in [0.1, 0.15) is 0 Å². The van der Waals surface area contributed by atoms with Crippen LogP contribution in [0, 0.1) is 0 Å². The second-order valence-corrected chi connectivity index (χ2v) is 4.92. The fourth-order valence-electron chi connectivity index (χ4n) is 1.36. The van der Waals surface area contributed by atoms with Crippen LogP contribution in [0.4, 0.5) is 18.9 Å². The third kappa shape index (κ3) is 5.02. The molecule has 1 rings (SSSR count). The van der Waals surface area contributed by atoms with Crippen molar-refractivity contribution in [2.24, 2.45) is 0 Å². The van der Waals surface area contributed by atoms with Gasteiger partial charge in [-0.1, -0.05) is 0 Å². The minimum absolute atomic E-state index is 0.0953. The van der Waals surface area contributed by atoms with Crippen molar-refractivity contribution < 1.29 is 22.7 Å². The predicted molar refractivity (Wildman–Crippen MR) is 67.8 cm³/mol. The van der Waals surface area contributed by atoms with E-state index in [2.05, 4.69) is 4.74 Å². The van der Waals surface area contributed by atoms with Gasteiger partial charge in [-0.25, -0.2) is 0 Å². The van der Waals surface area contributed by atoms with E-state index in [0.29, 0.717) is 17.1 Å². The lowest BCUT2D eigenvalue weighted by Crippen LogP contribution is -2.06. The first-order valence-electron chi connectivity index (χ1n) is 5.51. The summed E-state index contributed by atoms with van der Waals surface area (Å²) in [6.45, 7) is 0. The predicted octanol–water partition coefficient (Wildman–Crippen LogP) is 3.33. The van der Waals surface area contributed by atoms with Crippen LogP contribution >= 0.6 is 11.8 Å². The van der Waals surface area contributed by atoms with Crippen molar-refractivity contribution >= 4 is 23.4 Å². The van der Waals surface area contributed by atoms with E-state index in [9.17, 15) is 18.0 Å². The molecule has 0 aromatic heterocycles. The summed E-state index contributed by atoms with van der Waals surface area (Å²) in [6.07, 6.45) is -3.52. The first kappa shape index (κ1) is 15.7. The standard InChI is InChI=1S/C12H14F3NO2S/c1-18-11(17)3-2-6-19-10-5-4-8(7-9(10)16)12(13,14)15/h4-5,7H,2-3,6,16H2,1H3. The van der Waals surface area contributed by atoms with Crippen molar-refractivity contribution in [1.29, 1.82) is 0 Å². The molecule has 19 heavy (non-hydrogen) atoms. The average Bonchev–Trinajstić information content (AvgIpc) is 2.34. The number of rotatable bonds is 5. The molecular weight excluding hydrogens is 279 g/mol. The van der Waals surface area contributed by atoms with Crippen molar-refractivity contribution in [3.8, 4) is 0 Å². The van der Waals surface area contributed by atoms with Gasteiger partial charge in [-0.05, 0) is 30.4 Å². The highest BCUT2D eigenvalue weighted by Crippen LogP contribution is 2.34. The summed E-state index contributed by atoms with van der Waals surface area (Å²) in [6, 6.07) is 3.27. The van der Waals surface area contributed by atoms with E-state index in [4.69, 9.17) is 5.73 Å². The van der Waals surface area contributed by atoms with Crippen molar-refractivity contribution in [1.82, 2.24) is 0 Å². The van der Waals surface area contributed by atoms with Crippen LogP contribution < -0.4 is 5.73 Å². The highest BCUT2D eigenvalue weighted by Gasteiger charge is 2.30. The molecular formula is C12H14F3NO2S. The number of hydrogen-bond acceptors (Lipinski definition) is 4. The first-order chi connectivity index (χ1) is 8.84. The molecule has 0 atom stereocenters. The van der Waals surface area contributed by atoms with E-state index >= 15 is 0 Å². The van der Waals surface area contributed by atoms with Gasteiger partial charge in [-0.2, -0.15) is 13.2 Å². The second kappa shape index (κ2) is 6.70. The van der Waals surface area contributed by atoms with Gasteiger partial charge in [0.25, 0.3) is 0 Å². The number of ether oxygens (including phenoxy) is 1. The van der Waals surface area contributed by atoms with E-state index < -0.39 is 11.7 Å². The molecule has 1 aromatic rings. The van der Waals surface area contributed by atoms with Crippen LogP contribution in [0.25, 0.3) is 0 Å². The average molecular weight is 293 g/mol. The fraction of sp³-hybridized carbons (Fsp3) is 0.417. The molecule has 7 heteroatoms. The van der Waals surface area contributed by atoms with Gasteiger partial charge < -0.3 is 10.5 Å². The lowest BCUT2D eigenvalue weighted by Gasteiger charge is -2.10. The van der Waals surface area contributed by atoms with E-state index in [0.717, 1.165) is 12.1 Å². The molecule has 106 valence electrons. The maximum Gasteiger partial charge on any atom is 0.416 e. The normalized spacial score (nSPS) is 11.4. The Morgan fingerprint density at radius 1 is 1.42 bits per heavy atom. The Morgan fingerprint density at radius 3 is 2.63 bits per heavy atom. The third-order valence-electron chi connectivity index (χ3n) is 2.35. The van der Waals surface area contributed by atoms with Crippen molar-refractivity contribution in [2.75, 3.05) is 18.6 Å². The van der Waals surface area contributed by atoms with Crippen LogP contribution in [0.5, 0.6) is 0 Å². The van der Waals surface area contributed by atoms with Gasteiger partial charge in [-0.15, -0.1) is 11.8 Å². The minimum atomic E-state index is -4.39. The monoisotopic (exact) mass is 293 g/mol. The number of hydrogen-bond donors (Lipinski definition) is 1. The van der Waals surface area contributed by atoms with Crippen LogP contribution in [0.15, 0.2) is 23.1 Å². The number of anilines is 1. The number of carbonyl (C=O) groups excluding carboxylic acids is 1. The van der Waals surface area contributed by atoms with Crippen LogP contribution in [-0.2, 0) is 15.7 Å². The van der Waals surface area contributed by atoms with Crippen molar-refractivity contribution in [2.45, 2.75) is 23.9 Å². The van der Waals surface area contributed by atoms with Gasteiger partial charge in [0, 0.05) is 17.0 Å². The molecule has 0 spiro atoms. The molecule has 0 amide bonds. The zero-order chi connectivity index (χ0) is 14.5. The summed E-state index contributed by atoms with van der Waals surface area (Å²) in [5.41, 5.74) is 4.91. The summed E-state index contributed by atoms with van der Waals surface area (Å²) in [5, 5.41) is 0. The number of thioether (sulfide) groups is 1. The van der Waals surface area contributed by atoms with Gasteiger partial charge in [0.15, 0.2) is 0 Å². The number of halogens is 3. The van der Waals surface area contributed by atoms with Gasteiger partial charge >= 0.3 is 12.1 Å². The smallest absolute Gasteiger partial charge is 0.416 e. The Balaban J connectivity index is 2.54. The number of nitrogen functional groups attached to an aromatic ring is 1. The molecule has 0 unspecified atom stereocenters. The van der Waals surface area contributed by atoms with Crippen molar-refractivity contribution in [3.05, 3.63) is 23.8 Å². The van der Waals surface area contributed by atoms with Crippen molar-refractivity contribution in [3.63, 3.8) is 0 Å². The molecule has 0 heterocycles. The summed E-state index contributed by atoms with van der Waals surface area (Å²) < 4.78 is 41.7. The number of methoxy groups -OCH3 is 1. The molecule has 1 aromatic carbocycles. The largest absolute Gasteiger partial charge is 0.469 e. The summed E-state index contributed by atoms with van der Waals surface area (Å²) in [5.74, 6) is 0.283. The van der Waals surface area contributed by atoms with Crippen LogP contribution in [-0.4, -0.2) is 18.8 Å². The molecule has 0 fully saturated rings. The fourth-order valence-corrected chi connectivity index (χ4v) is 2.26. The zero-order valence-corrected chi connectivity index (χ0v) is 11.1. The zero-order valence-electron chi connectivity index (χ0n) is 10.3. The topological polar surface area (TPSA) is 52.3 Å². The molecule has 0 saturated heterocycles. The Kier molecular flexibility index (Phi) is 5.53. The Labute approximate surface area is 113 Å². The Morgan fingerprint density at radius 2 is 2.11 bits per heavy atom. The second-order valence-electron chi connectivity index (χ2n) is 3.78. The SMILES string of the molecule is COC(=O)CCCSc1ccc(C(F)(F)F)cc1N. The third-order valence-corrected chi connectivity index (χ3v) is 3.52. The van der Waals surface area contributed by atoms with E-state index in [1.165, 1.54) is 24.9 Å². The lowest BCUT2D eigenvalue weighted by molar-refractivity contribution is -0.140. The van der Waals surface area contributed by atoms with Crippen LogP contribution in [0.2, 0.25) is 0 Å². The van der Waals surface area contributed by atoms with Crippen LogP contribution in [0.3, 0.4) is 0 Å². The van der Waals surface area contributed by atoms with Gasteiger partial charge in [0.05, 0.1) is 12.7 Å². The summed E-state index contributed by atoms with van der Waals surface area (Å²) in [4.78, 5) is 11.4. The quantitative estimate of drug-likeness (QED) is 0.391. The first-order valence-corrected chi connectivity index (χ1v) is 6.49. The Hall–Kier alpha value is -1.37. The molecule has 3 nitrogen and oxygen atoms in total. The van der Waals surface area contributed by atoms with Crippen LogP contribution in [0.1, 0.15) is 18.4 Å². The Bertz CT molecular complexity index is 449. The highest BCUT2D eigenvalue weighted by molar-refractivity contribution is 7.99. The molecule has 0 aliphatic rings. The number of esters is 1. The van der Waals surface area contributed by atoms with E-state index in [-0.39, 0.29) is 18.1 Å². The number of carbonyl (C=O) groups is 1. The maximum atomic E-state index is 12.4. The molecule has 0 aliphatic carbocycles.